The lowest BCUT2D eigenvalue weighted by Gasteiger charge is -2.09. The van der Waals surface area contributed by atoms with E-state index < -0.39 is 0 Å². The number of rotatable bonds is 3. The minimum atomic E-state index is -0.0231. The molecule has 1 aromatic heterocycles. The van der Waals surface area contributed by atoms with E-state index >= 15 is 0 Å². The van der Waals surface area contributed by atoms with Crippen molar-refractivity contribution in [2.75, 3.05) is 6.61 Å². The summed E-state index contributed by atoms with van der Waals surface area (Å²) in [5, 5.41) is 13.2. The van der Waals surface area contributed by atoms with Gasteiger partial charge in [0.1, 0.15) is 5.82 Å². The molecule has 2 heterocycles. The fourth-order valence-corrected chi connectivity index (χ4v) is 1.92. The number of nitrogens with zero attached hydrogens (tertiary/aromatic N) is 3. The van der Waals surface area contributed by atoms with Gasteiger partial charge in [0.25, 0.3) is 0 Å². The summed E-state index contributed by atoms with van der Waals surface area (Å²) in [5.41, 5.74) is -0.0231. The maximum absolute atomic E-state index is 11.8. The number of aliphatic hydroxyl groups is 1. The summed E-state index contributed by atoms with van der Waals surface area (Å²) in [4.78, 5) is 11.8. The van der Waals surface area contributed by atoms with Gasteiger partial charge in [0.15, 0.2) is 0 Å². The largest absolute Gasteiger partial charge is 0.396 e. The molecule has 1 aromatic rings. The van der Waals surface area contributed by atoms with Crippen LogP contribution < -0.4 is 5.69 Å². The van der Waals surface area contributed by atoms with Crippen LogP contribution in [0.4, 0.5) is 0 Å². The third kappa shape index (κ3) is 1.97. The second-order valence-electron chi connectivity index (χ2n) is 4.28. The molecule has 5 heteroatoms. The first-order valence-electron chi connectivity index (χ1n) is 5.49. The fourth-order valence-electron chi connectivity index (χ4n) is 1.92. The zero-order chi connectivity index (χ0) is 10.8. The van der Waals surface area contributed by atoms with Gasteiger partial charge in [-0.1, -0.05) is 6.92 Å². The number of hydrogen-bond acceptors (Lipinski definition) is 3. The molecular weight excluding hydrogens is 194 g/mol. The predicted molar refractivity (Wildman–Crippen MR) is 55.7 cm³/mol. The molecule has 84 valence electrons. The third-order valence-corrected chi connectivity index (χ3v) is 2.83. The Hall–Kier alpha value is -1.10. The minimum Gasteiger partial charge on any atom is -0.396 e. The van der Waals surface area contributed by atoms with E-state index in [2.05, 4.69) is 5.10 Å². The second-order valence-corrected chi connectivity index (χ2v) is 4.28. The van der Waals surface area contributed by atoms with Gasteiger partial charge in [-0.25, -0.2) is 9.48 Å². The number of aliphatic hydroxyl groups excluding tert-OH is 1. The summed E-state index contributed by atoms with van der Waals surface area (Å²) in [7, 11) is 0. The Kier molecular flexibility index (Phi) is 2.90. The van der Waals surface area contributed by atoms with Crippen LogP contribution in [0.25, 0.3) is 0 Å². The predicted octanol–water partition coefficient (Wildman–Crippen LogP) is 0.00950. The van der Waals surface area contributed by atoms with E-state index in [1.54, 1.807) is 4.57 Å². The van der Waals surface area contributed by atoms with Crippen molar-refractivity contribution in [2.45, 2.75) is 39.3 Å². The van der Waals surface area contributed by atoms with Crippen molar-refractivity contribution < 1.29 is 5.11 Å². The summed E-state index contributed by atoms with van der Waals surface area (Å²) in [6, 6.07) is 0. The van der Waals surface area contributed by atoms with Gasteiger partial charge in [0.05, 0.1) is 6.54 Å². The van der Waals surface area contributed by atoms with Gasteiger partial charge in [-0.15, -0.1) is 0 Å². The molecule has 15 heavy (non-hydrogen) atoms. The molecule has 1 unspecified atom stereocenters. The fraction of sp³-hybridized carbons (Fsp3) is 0.800. The highest BCUT2D eigenvalue weighted by Crippen LogP contribution is 2.09. The topological polar surface area (TPSA) is 60.0 Å². The normalized spacial score (nSPS) is 17.5. The molecule has 5 nitrogen and oxygen atoms in total. The van der Waals surface area contributed by atoms with Crippen LogP contribution in [-0.4, -0.2) is 26.1 Å². The van der Waals surface area contributed by atoms with Gasteiger partial charge in [0, 0.05) is 19.6 Å². The number of aromatic nitrogens is 3. The highest BCUT2D eigenvalue weighted by Gasteiger charge is 2.17. The molecule has 0 saturated heterocycles. The quantitative estimate of drug-likeness (QED) is 0.766. The lowest BCUT2D eigenvalue weighted by Crippen LogP contribution is -2.29. The molecule has 0 amide bonds. The van der Waals surface area contributed by atoms with Crippen LogP contribution in [0.15, 0.2) is 4.79 Å². The van der Waals surface area contributed by atoms with E-state index in [4.69, 9.17) is 5.11 Å². The van der Waals surface area contributed by atoms with E-state index in [0.717, 1.165) is 31.6 Å². The first-order chi connectivity index (χ1) is 7.22. The van der Waals surface area contributed by atoms with Crippen molar-refractivity contribution in [2.24, 2.45) is 5.92 Å². The van der Waals surface area contributed by atoms with Crippen molar-refractivity contribution in [1.29, 1.82) is 0 Å². The van der Waals surface area contributed by atoms with E-state index in [1.165, 1.54) is 4.68 Å². The molecule has 0 spiro atoms. The summed E-state index contributed by atoms with van der Waals surface area (Å²) >= 11 is 0. The lowest BCUT2D eigenvalue weighted by atomic mass is 10.2. The van der Waals surface area contributed by atoms with E-state index in [-0.39, 0.29) is 18.2 Å². The van der Waals surface area contributed by atoms with Crippen LogP contribution in [0.2, 0.25) is 0 Å². The Labute approximate surface area is 88.3 Å². The van der Waals surface area contributed by atoms with Crippen LogP contribution >= 0.6 is 0 Å². The van der Waals surface area contributed by atoms with Crippen LogP contribution in [0.1, 0.15) is 25.6 Å². The van der Waals surface area contributed by atoms with Crippen LogP contribution in [0, 0.1) is 5.92 Å². The van der Waals surface area contributed by atoms with Gasteiger partial charge >= 0.3 is 5.69 Å². The van der Waals surface area contributed by atoms with Crippen molar-refractivity contribution in [1.82, 2.24) is 14.3 Å². The van der Waals surface area contributed by atoms with Gasteiger partial charge in [0.2, 0.25) is 0 Å². The van der Waals surface area contributed by atoms with Gasteiger partial charge in [-0.05, 0) is 18.8 Å². The minimum absolute atomic E-state index is 0.0231. The second kappa shape index (κ2) is 4.18. The summed E-state index contributed by atoms with van der Waals surface area (Å²) in [5.74, 6) is 0.982. The monoisotopic (exact) mass is 211 g/mol. The standard InChI is InChI=1S/C10H17N3O2/c1-8(7-14)6-13-10(15)12-5-3-2-4-9(12)11-13/h8,14H,2-7H2,1H3. The zero-order valence-electron chi connectivity index (χ0n) is 9.02. The highest BCUT2D eigenvalue weighted by molar-refractivity contribution is 4.91. The molecule has 0 saturated carbocycles. The Morgan fingerprint density at radius 3 is 3.00 bits per heavy atom. The maximum Gasteiger partial charge on any atom is 0.345 e. The summed E-state index contributed by atoms with van der Waals surface area (Å²) < 4.78 is 3.25. The third-order valence-electron chi connectivity index (χ3n) is 2.83. The molecule has 0 bridgehead atoms. The van der Waals surface area contributed by atoms with Crippen molar-refractivity contribution in [3.05, 3.63) is 16.3 Å². The molecule has 1 aliphatic rings. The molecule has 1 aliphatic heterocycles. The lowest BCUT2D eigenvalue weighted by molar-refractivity contribution is 0.217. The molecule has 0 aliphatic carbocycles. The van der Waals surface area contributed by atoms with Gasteiger partial charge in [-0.3, -0.25) is 4.57 Å². The summed E-state index contributed by atoms with van der Waals surface area (Å²) in [6.45, 7) is 3.30. The average molecular weight is 211 g/mol. The van der Waals surface area contributed by atoms with E-state index in [1.807, 2.05) is 6.92 Å². The first kappa shape index (κ1) is 10.4. The number of fused-ring (bicyclic) bond motifs is 1. The average Bonchev–Trinajstić information content (AvgIpc) is 2.57. The smallest absolute Gasteiger partial charge is 0.345 e. The molecule has 0 fully saturated rings. The van der Waals surface area contributed by atoms with Crippen molar-refractivity contribution in [3.63, 3.8) is 0 Å². The van der Waals surface area contributed by atoms with E-state index in [9.17, 15) is 4.79 Å². The van der Waals surface area contributed by atoms with Crippen LogP contribution in [0.3, 0.4) is 0 Å². The molecule has 2 rings (SSSR count). The summed E-state index contributed by atoms with van der Waals surface area (Å²) in [6.07, 6.45) is 3.08. The number of hydrogen-bond donors (Lipinski definition) is 1. The van der Waals surface area contributed by atoms with Crippen molar-refractivity contribution in [3.8, 4) is 0 Å². The van der Waals surface area contributed by atoms with E-state index in [0.29, 0.717) is 6.54 Å². The molecule has 1 N–H and O–H groups in total. The van der Waals surface area contributed by atoms with Crippen LogP contribution in [0.5, 0.6) is 0 Å². The Bertz CT molecular complexity index is 394. The molecule has 0 aromatic carbocycles. The zero-order valence-corrected chi connectivity index (χ0v) is 9.02. The molecule has 1 atom stereocenters. The van der Waals surface area contributed by atoms with Crippen LogP contribution in [-0.2, 0) is 19.5 Å². The highest BCUT2D eigenvalue weighted by atomic mass is 16.3. The Morgan fingerprint density at radius 1 is 1.53 bits per heavy atom. The first-order valence-corrected chi connectivity index (χ1v) is 5.49. The maximum atomic E-state index is 11.8. The molecular formula is C10H17N3O2. The van der Waals surface area contributed by atoms with Gasteiger partial charge < -0.3 is 5.11 Å². The van der Waals surface area contributed by atoms with Gasteiger partial charge in [-0.2, -0.15) is 5.10 Å². The Balaban J connectivity index is 2.25. The SMILES string of the molecule is CC(CO)Cn1nc2n(c1=O)CCCC2. The molecule has 0 radical (unpaired) electrons. The Morgan fingerprint density at radius 2 is 2.33 bits per heavy atom. The number of aryl methyl sites for hydroxylation is 1. The van der Waals surface area contributed by atoms with Crippen molar-refractivity contribution >= 4 is 0 Å².